The minimum absolute atomic E-state index is 0.914. The third-order valence-electron chi connectivity index (χ3n) is 2.78. The van der Waals surface area contributed by atoms with Crippen molar-refractivity contribution in [3.8, 4) is 0 Å². The molecule has 4 fully saturated rings. The van der Waals surface area contributed by atoms with E-state index >= 15 is 0 Å². The largest absolute Gasteiger partial charge is 0.145 e. The van der Waals surface area contributed by atoms with Crippen LogP contribution in [0.1, 0.15) is 0 Å². The average Bonchev–Trinajstić information content (AvgIpc) is 3.29. The van der Waals surface area contributed by atoms with Gasteiger partial charge in [0.1, 0.15) is 0 Å². The lowest BCUT2D eigenvalue weighted by atomic mass is 10.9. The van der Waals surface area contributed by atoms with Gasteiger partial charge < -0.3 is 0 Å². The molecular weight excluding hydrogens is 401 g/mol. The summed E-state index contributed by atoms with van der Waals surface area (Å²) in [4.78, 5) is 0. The van der Waals surface area contributed by atoms with Gasteiger partial charge in [-0.2, -0.15) is 0 Å². The Morgan fingerprint density at radius 3 is 1.05 bits per heavy atom. The first kappa shape index (κ1) is 17.4. The summed E-state index contributed by atoms with van der Waals surface area (Å²) in [6, 6.07) is 0. The first-order chi connectivity index (χ1) is 9.93. The van der Waals surface area contributed by atoms with Crippen molar-refractivity contribution in [2.75, 3.05) is 46.0 Å². The van der Waals surface area contributed by atoms with Crippen LogP contribution < -0.4 is 0 Å². The van der Waals surface area contributed by atoms with E-state index in [4.69, 9.17) is 0 Å². The smallest absolute Gasteiger partial charge is 0.0712 e. The molecule has 114 valence electrons. The van der Waals surface area contributed by atoms with Gasteiger partial charge in [-0.15, -0.1) is 94.1 Å². The lowest BCUT2D eigenvalue weighted by molar-refractivity contribution is 1.39. The monoisotopic (exact) mass is 418 g/mol. The Labute approximate surface area is 156 Å². The fourth-order valence-electron chi connectivity index (χ4n) is 1.92. The van der Waals surface area contributed by atoms with Crippen molar-refractivity contribution in [2.24, 2.45) is 0 Å². The third-order valence-corrected chi connectivity index (χ3v) is 15.7. The maximum atomic E-state index is 2.16. The molecule has 4 rings (SSSR count). The van der Waals surface area contributed by atoms with Crippen molar-refractivity contribution in [3.63, 3.8) is 0 Å². The van der Waals surface area contributed by atoms with Crippen LogP contribution in [-0.2, 0) is 0 Å². The van der Waals surface area contributed by atoms with Crippen LogP contribution in [0.5, 0.6) is 0 Å². The molecule has 0 unspecified atom stereocenters. The van der Waals surface area contributed by atoms with E-state index in [1.165, 1.54) is 46.0 Å². The molecule has 8 heteroatoms. The molecule has 0 radical (unpaired) electrons. The first-order valence-electron chi connectivity index (χ1n) is 6.65. The van der Waals surface area contributed by atoms with Gasteiger partial charge >= 0.3 is 0 Å². The van der Waals surface area contributed by atoms with Crippen molar-refractivity contribution in [1.29, 1.82) is 0 Å². The average molecular weight is 419 g/mol. The zero-order chi connectivity index (χ0) is 13.6. The molecule has 0 aromatic heterocycles. The Kier molecular flexibility index (Phi) is 8.46. The first-order valence-corrected chi connectivity index (χ1v) is 14.8. The molecule has 4 saturated heterocycles. The van der Waals surface area contributed by atoms with E-state index in [1.54, 1.807) is 8.47 Å². The van der Waals surface area contributed by atoms with E-state index in [-0.39, 0.29) is 0 Å². The topological polar surface area (TPSA) is 0 Å². The Balaban J connectivity index is 0.000000121. The van der Waals surface area contributed by atoms with Gasteiger partial charge in [-0.25, -0.2) is 0 Å². The van der Waals surface area contributed by atoms with Crippen LogP contribution in [-0.4, -0.2) is 55.2 Å². The molecule has 0 aromatic carbocycles. The van der Waals surface area contributed by atoms with E-state index in [2.05, 4.69) is 47.0 Å². The van der Waals surface area contributed by atoms with Gasteiger partial charge in [-0.1, -0.05) is 0 Å². The molecule has 0 aromatic rings. The molecular formula is C12H18S8. The second kappa shape index (κ2) is 9.74. The lowest BCUT2D eigenvalue weighted by Gasteiger charge is -2.13. The summed E-state index contributed by atoms with van der Waals surface area (Å²) in [6.45, 7) is 0. The Hall–Kier alpha value is 2.54. The van der Waals surface area contributed by atoms with Crippen LogP contribution in [0.4, 0.5) is 0 Å². The molecule has 4 aliphatic rings. The van der Waals surface area contributed by atoms with Crippen LogP contribution in [0, 0.1) is 0 Å². The van der Waals surface area contributed by atoms with E-state index in [1.807, 2.05) is 47.0 Å². The van der Waals surface area contributed by atoms with Gasteiger partial charge in [0.05, 0.1) is 17.6 Å². The van der Waals surface area contributed by atoms with E-state index < -0.39 is 0 Å². The normalized spacial score (nSPS) is 28.2. The Morgan fingerprint density at radius 1 is 0.450 bits per heavy atom. The number of hydrogen-bond acceptors (Lipinski definition) is 8. The van der Waals surface area contributed by atoms with Crippen molar-refractivity contribution in [3.05, 3.63) is 8.47 Å². The Morgan fingerprint density at radius 2 is 0.750 bits per heavy atom. The van der Waals surface area contributed by atoms with Gasteiger partial charge in [0.15, 0.2) is 0 Å². The molecule has 4 heterocycles. The van der Waals surface area contributed by atoms with Gasteiger partial charge in [-0.05, 0) is 0 Å². The number of hydrogen-bond donors (Lipinski definition) is 0. The predicted molar refractivity (Wildman–Crippen MR) is 114 cm³/mol. The number of thioether (sulfide) groups is 8. The highest BCUT2D eigenvalue weighted by Crippen LogP contribution is 2.49. The van der Waals surface area contributed by atoms with Crippen molar-refractivity contribution in [1.82, 2.24) is 0 Å². The predicted octanol–water partition coefficient (Wildman–Crippen LogP) is 5.67. The summed E-state index contributed by atoms with van der Waals surface area (Å²) >= 11 is 16.8. The molecule has 0 bridgehead atoms. The SMILES string of the molecule is C1CSC(=C2SCCS2)S1.C1CSC(C2SCCS2)S1. The molecule has 4 aliphatic heterocycles. The summed E-state index contributed by atoms with van der Waals surface area (Å²) in [7, 11) is 0. The molecule has 0 nitrogen and oxygen atoms in total. The molecule has 0 spiro atoms. The minimum atomic E-state index is 0.914. The Bertz CT molecular complexity index is 284. The molecule has 0 amide bonds. The zero-order valence-electron chi connectivity index (χ0n) is 11.1. The van der Waals surface area contributed by atoms with Gasteiger partial charge in [-0.3, -0.25) is 0 Å². The van der Waals surface area contributed by atoms with Crippen LogP contribution in [0.15, 0.2) is 8.47 Å². The van der Waals surface area contributed by atoms with Gasteiger partial charge in [0.25, 0.3) is 0 Å². The highest BCUT2D eigenvalue weighted by molar-refractivity contribution is 8.31. The summed E-state index contributed by atoms with van der Waals surface area (Å²) in [5, 5.41) is 0. The minimum Gasteiger partial charge on any atom is -0.145 e. The standard InChI is InChI=1S/C6H10S4.C6H8S4/c2*1-2-8-5(7-1)6-9-3-4-10-6/h5-6H,1-4H2;1-4H2. The second-order valence-corrected chi connectivity index (χ2v) is 14.7. The van der Waals surface area contributed by atoms with Crippen LogP contribution in [0.25, 0.3) is 0 Å². The third kappa shape index (κ3) is 5.28. The van der Waals surface area contributed by atoms with Gasteiger partial charge in [0, 0.05) is 46.0 Å². The van der Waals surface area contributed by atoms with Crippen molar-refractivity contribution in [2.45, 2.75) is 9.16 Å². The highest BCUT2D eigenvalue weighted by Gasteiger charge is 2.29. The zero-order valence-corrected chi connectivity index (χ0v) is 17.6. The summed E-state index contributed by atoms with van der Waals surface area (Å²) in [5.41, 5.74) is 0. The van der Waals surface area contributed by atoms with Crippen LogP contribution in [0.3, 0.4) is 0 Å². The molecule has 20 heavy (non-hydrogen) atoms. The highest BCUT2D eigenvalue weighted by atomic mass is 32.2. The fourth-order valence-corrected chi connectivity index (χ4v) is 14.5. The molecule has 0 atom stereocenters. The van der Waals surface area contributed by atoms with E-state index in [9.17, 15) is 0 Å². The summed E-state index contributed by atoms with van der Waals surface area (Å²) < 4.78 is 5.04. The van der Waals surface area contributed by atoms with E-state index in [0.717, 1.165) is 9.16 Å². The van der Waals surface area contributed by atoms with Gasteiger partial charge in [0.2, 0.25) is 0 Å². The molecule has 0 saturated carbocycles. The van der Waals surface area contributed by atoms with Crippen LogP contribution >= 0.6 is 94.1 Å². The summed E-state index contributed by atoms with van der Waals surface area (Å²) in [5.74, 6) is 10.8. The lowest BCUT2D eigenvalue weighted by Crippen LogP contribution is -2.05. The number of rotatable bonds is 1. The van der Waals surface area contributed by atoms with Crippen molar-refractivity contribution >= 4 is 94.1 Å². The van der Waals surface area contributed by atoms with Crippen molar-refractivity contribution < 1.29 is 0 Å². The quantitative estimate of drug-likeness (QED) is 0.527. The molecule has 0 aliphatic carbocycles. The maximum Gasteiger partial charge on any atom is 0.0712 e. The maximum absolute atomic E-state index is 2.16. The fraction of sp³-hybridized carbons (Fsp3) is 0.833. The second-order valence-electron chi connectivity index (χ2n) is 4.19. The molecule has 0 N–H and O–H groups in total. The summed E-state index contributed by atoms with van der Waals surface area (Å²) in [6.07, 6.45) is 0. The van der Waals surface area contributed by atoms with E-state index in [0.29, 0.717) is 0 Å². The van der Waals surface area contributed by atoms with Crippen LogP contribution in [0.2, 0.25) is 0 Å².